The van der Waals surface area contributed by atoms with Crippen molar-refractivity contribution in [2.24, 2.45) is 0 Å². The molecule has 2 N–H and O–H groups in total. The Hall–Kier alpha value is -2.14. The molecule has 0 fully saturated rings. The van der Waals surface area contributed by atoms with Gasteiger partial charge in [0.05, 0.1) is 6.10 Å². The van der Waals surface area contributed by atoms with Gasteiger partial charge in [-0.15, -0.1) is 0 Å². The van der Waals surface area contributed by atoms with Gasteiger partial charge >= 0.3 is 0 Å². The second-order valence-corrected chi connectivity index (χ2v) is 4.89. The van der Waals surface area contributed by atoms with Gasteiger partial charge in [-0.1, -0.05) is 30.3 Å². The van der Waals surface area contributed by atoms with Crippen molar-refractivity contribution in [2.45, 2.75) is 26.0 Å². The first-order valence-corrected chi connectivity index (χ1v) is 6.63. The smallest absolute Gasteiger partial charge is 0.293 e. The number of aliphatic hydroxyl groups is 1. The molecule has 2 rings (SSSR count). The Bertz CT molecular complexity index is 608. The molecule has 106 valence electrons. The standard InChI is InChI=1S/C15H19N3O2/c1-11(2)18-9-8-16-14(15(18)20)17-10-13(19)12-6-4-3-5-7-12/h3-9,11,13,19H,10H2,1-2H3,(H,16,17). The van der Waals surface area contributed by atoms with Crippen LogP contribution < -0.4 is 10.9 Å². The van der Waals surface area contributed by atoms with E-state index in [0.717, 1.165) is 5.56 Å². The second-order valence-electron chi connectivity index (χ2n) is 4.89. The molecule has 1 aromatic heterocycles. The van der Waals surface area contributed by atoms with Crippen molar-refractivity contribution in [1.82, 2.24) is 9.55 Å². The zero-order chi connectivity index (χ0) is 14.5. The molecule has 2 aromatic rings. The van der Waals surface area contributed by atoms with Crippen LogP contribution in [0.1, 0.15) is 31.6 Å². The third-order valence-corrected chi connectivity index (χ3v) is 3.07. The molecule has 1 aromatic carbocycles. The minimum atomic E-state index is -0.676. The van der Waals surface area contributed by atoms with Crippen LogP contribution in [0.25, 0.3) is 0 Å². The third kappa shape index (κ3) is 3.24. The maximum absolute atomic E-state index is 12.1. The van der Waals surface area contributed by atoms with E-state index in [9.17, 15) is 9.90 Å². The summed E-state index contributed by atoms with van der Waals surface area (Å²) in [7, 11) is 0. The van der Waals surface area contributed by atoms with Gasteiger partial charge in [0.15, 0.2) is 5.82 Å². The van der Waals surface area contributed by atoms with Crippen LogP contribution in [-0.4, -0.2) is 21.2 Å². The Morgan fingerprint density at radius 2 is 2.00 bits per heavy atom. The molecular weight excluding hydrogens is 254 g/mol. The maximum Gasteiger partial charge on any atom is 0.293 e. The highest BCUT2D eigenvalue weighted by atomic mass is 16.3. The molecule has 1 heterocycles. The Balaban J connectivity index is 2.08. The predicted molar refractivity (Wildman–Crippen MR) is 78.8 cm³/mol. The summed E-state index contributed by atoms with van der Waals surface area (Å²) in [5.41, 5.74) is 0.628. The van der Waals surface area contributed by atoms with Crippen molar-refractivity contribution in [3.63, 3.8) is 0 Å². The largest absolute Gasteiger partial charge is 0.387 e. The fourth-order valence-corrected chi connectivity index (χ4v) is 1.94. The van der Waals surface area contributed by atoms with E-state index in [1.165, 1.54) is 0 Å². The van der Waals surface area contributed by atoms with Crippen LogP contribution in [0.4, 0.5) is 5.82 Å². The van der Waals surface area contributed by atoms with Crippen LogP contribution in [0.2, 0.25) is 0 Å². The normalized spacial score (nSPS) is 12.4. The average Bonchev–Trinajstić information content (AvgIpc) is 2.46. The average molecular weight is 273 g/mol. The van der Waals surface area contributed by atoms with Crippen molar-refractivity contribution < 1.29 is 5.11 Å². The Labute approximate surface area is 117 Å². The summed E-state index contributed by atoms with van der Waals surface area (Å²) in [4.78, 5) is 16.1. The highest BCUT2D eigenvalue weighted by Gasteiger charge is 2.10. The van der Waals surface area contributed by atoms with Crippen molar-refractivity contribution >= 4 is 5.82 Å². The summed E-state index contributed by atoms with van der Waals surface area (Å²) in [5.74, 6) is 0.260. The van der Waals surface area contributed by atoms with Crippen molar-refractivity contribution in [3.8, 4) is 0 Å². The van der Waals surface area contributed by atoms with Gasteiger partial charge in [0.2, 0.25) is 0 Å². The quantitative estimate of drug-likeness (QED) is 0.874. The lowest BCUT2D eigenvalue weighted by molar-refractivity contribution is 0.191. The van der Waals surface area contributed by atoms with Crippen molar-refractivity contribution in [3.05, 3.63) is 58.6 Å². The SMILES string of the molecule is CC(C)n1ccnc(NCC(O)c2ccccc2)c1=O. The number of benzene rings is 1. The molecule has 0 bridgehead atoms. The first-order chi connectivity index (χ1) is 9.59. The molecule has 0 amide bonds. The summed E-state index contributed by atoms with van der Waals surface area (Å²) in [6.07, 6.45) is 2.56. The highest BCUT2D eigenvalue weighted by Crippen LogP contribution is 2.12. The van der Waals surface area contributed by atoms with Gasteiger partial charge in [-0.2, -0.15) is 0 Å². The molecule has 1 atom stereocenters. The lowest BCUT2D eigenvalue weighted by atomic mass is 10.1. The Morgan fingerprint density at radius 1 is 1.30 bits per heavy atom. The van der Waals surface area contributed by atoms with E-state index in [1.54, 1.807) is 17.0 Å². The molecule has 5 nitrogen and oxygen atoms in total. The minimum Gasteiger partial charge on any atom is -0.387 e. The number of rotatable bonds is 5. The van der Waals surface area contributed by atoms with Crippen LogP contribution in [0.3, 0.4) is 0 Å². The zero-order valence-electron chi connectivity index (χ0n) is 11.7. The van der Waals surface area contributed by atoms with E-state index in [1.807, 2.05) is 44.2 Å². The van der Waals surface area contributed by atoms with E-state index in [-0.39, 0.29) is 24.0 Å². The van der Waals surface area contributed by atoms with E-state index in [4.69, 9.17) is 0 Å². The Morgan fingerprint density at radius 3 is 2.65 bits per heavy atom. The topological polar surface area (TPSA) is 67.2 Å². The molecule has 5 heteroatoms. The van der Waals surface area contributed by atoms with Gasteiger partial charge in [-0.25, -0.2) is 4.98 Å². The monoisotopic (exact) mass is 273 g/mol. The van der Waals surface area contributed by atoms with Gasteiger partial charge in [-0.3, -0.25) is 4.79 Å². The maximum atomic E-state index is 12.1. The van der Waals surface area contributed by atoms with Crippen molar-refractivity contribution in [2.75, 3.05) is 11.9 Å². The molecule has 0 radical (unpaired) electrons. The lowest BCUT2D eigenvalue weighted by Gasteiger charge is -2.14. The summed E-state index contributed by atoms with van der Waals surface area (Å²) >= 11 is 0. The molecule has 0 aliphatic carbocycles. The molecule has 1 unspecified atom stereocenters. The molecule has 0 aliphatic rings. The van der Waals surface area contributed by atoms with E-state index >= 15 is 0 Å². The van der Waals surface area contributed by atoms with E-state index in [2.05, 4.69) is 10.3 Å². The van der Waals surface area contributed by atoms with Crippen LogP contribution in [-0.2, 0) is 0 Å². The summed E-state index contributed by atoms with van der Waals surface area (Å²) in [5, 5.41) is 13.0. The van der Waals surface area contributed by atoms with Crippen molar-refractivity contribution in [1.29, 1.82) is 0 Å². The summed E-state index contributed by atoms with van der Waals surface area (Å²) in [6.45, 7) is 4.11. The zero-order valence-corrected chi connectivity index (χ0v) is 11.7. The second kappa shape index (κ2) is 6.34. The predicted octanol–water partition coefficient (Wildman–Crippen LogP) is 1.97. The van der Waals surface area contributed by atoms with Gasteiger partial charge < -0.3 is 15.0 Å². The number of hydrogen-bond acceptors (Lipinski definition) is 4. The fraction of sp³-hybridized carbons (Fsp3) is 0.333. The molecule has 0 saturated carbocycles. The van der Waals surface area contributed by atoms with Gasteiger partial charge in [0.25, 0.3) is 5.56 Å². The van der Waals surface area contributed by atoms with E-state index < -0.39 is 6.10 Å². The number of aromatic nitrogens is 2. The molecular formula is C15H19N3O2. The first kappa shape index (κ1) is 14.3. The minimum absolute atomic E-state index is 0.0742. The van der Waals surface area contributed by atoms with Crippen LogP contribution in [0, 0.1) is 0 Å². The third-order valence-electron chi connectivity index (χ3n) is 3.07. The summed E-state index contributed by atoms with van der Waals surface area (Å²) < 4.78 is 1.60. The van der Waals surface area contributed by atoms with Crippen LogP contribution in [0.5, 0.6) is 0 Å². The number of hydrogen-bond donors (Lipinski definition) is 2. The Kier molecular flexibility index (Phi) is 4.53. The molecule has 0 aliphatic heterocycles. The number of anilines is 1. The highest BCUT2D eigenvalue weighted by molar-refractivity contribution is 5.32. The molecule has 20 heavy (non-hydrogen) atoms. The first-order valence-electron chi connectivity index (χ1n) is 6.63. The van der Waals surface area contributed by atoms with Gasteiger partial charge in [-0.05, 0) is 19.4 Å². The molecule has 0 saturated heterocycles. The number of nitrogens with zero attached hydrogens (tertiary/aromatic N) is 2. The van der Waals surface area contributed by atoms with E-state index in [0.29, 0.717) is 0 Å². The number of aliphatic hydroxyl groups excluding tert-OH is 1. The lowest BCUT2D eigenvalue weighted by Crippen LogP contribution is -2.27. The molecule has 0 spiro atoms. The van der Waals surface area contributed by atoms with Gasteiger partial charge in [0.1, 0.15) is 0 Å². The number of nitrogens with one attached hydrogen (secondary N) is 1. The van der Waals surface area contributed by atoms with Crippen LogP contribution >= 0.6 is 0 Å². The summed E-state index contributed by atoms with van der Waals surface area (Å²) in [6, 6.07) is 9.39. The van der Waals surface area contributed by atoms with Gasteiger partial charge in [0, 0.05) is 25.0 Å². The fourth-order valence-electron chi connectivity index (χ4n) is 1.94. The van der Waals surface area contributed by atoms with Crippen LogP contribution in [0.15, 0.2) is 47.5 Å².